The summed E-state index contributed by atoms with van der Waals surface area (Å²) in [6.45, 7) is 10.9. The highest BCUT2D eigenvalue weighted by Gasteiger charge is 2.27. The van der Waals surface area contributed by atoms with E-state index in [1.54, 1.807) is 4.90 Å². The number of piperidine rings is 1. The van der Waals surface area contributed by atoms with Gasteiger partial charge in [-0.15, -0.1) is 0 Å². The van der Waals surface area contributed by atoms with E-state index < -0.39 is 0 Å². The highest BCUT2D eigenvalue weighted by molar-refractivity contribution is 5.93. The number of likely N-dealkylation sites (tertiary alicyclic amines) is 1. The van der Waals surface area contributed by atoms with Crippen molar-refractivity contribution in [3.63, 3.8) is 0 Å². The van der Waals surface area contributed by atoms with E-state index in [4.69, 9.17) is 4.42 Å². The lowest BCUT2D eigenvalue weighted by Crippen LogP contribution is -2.53. The summed E-state index contributed by atoms with van der Waals surface area (Å²) in [4.78, 5) is 26.2. The average molecular weight is 321 g/mol. The smallest absolute Gasteiger partial charge is 0.317 e. The lowest BCUT2D eigenvalue weighted by Gasteiger charge is -2.34. The minimum absolute atomic E-state index is 0.0419. The summed E-state index contributed by atoms with van der Waals surface area (Å²) < 4.78 is 5.45. The first-order valence-corrected chi connectivity index (χ1v) is 8.11. The van der Waals surface area contributed by atoms with Crippen molar-refractivity contribution < 1.29 is 14.0 Å². The zero-order valence-corrected chi connectivity index (χ0v) is 14.7. The predicted molar refractivity (Wildman–Crippen MR) is 88.5 cm³/mol. The Morgan fingerprint density at radius 2 is 1.83 bits per heavy atom. The number of hydrogen-bond acceptors (Lipinski definition) is 3. The molecule has 0 aromatic carbocycles. The van der Waals surface area contributed by atoms with E-state index in [9.17, 15) is 9.59 Å². The fourth-order valence-corrected chi connectivity index (χ4v) is 2.74. The zero-order valence-electron chi connectivity index (χ0n) is 14.7. The molecule has 1 saturated heterocycles. The molecule has 0 atom stereocenters. The van der Waals surface area contributed by atoms with E-state index in [1.807, 2.05) is 40.7 Å². The van der Waals surface area contributed by atoms with Crippen molar-refractivity contribution in [1.29, 1.82) is 0 Å². The largest absolute Gasteiger partial charge is 0.456 e. The number of amides is 3. The third kappa shape index (κ3) is 4.74. The van der Waals surface area contributed by atoms with Crippen LogP contribution in [-0.4, -0.2) is 41.5 Å². The first-order valence-electron chi connectivity index (χ1n) is 8.11. The minimum atomic E-state index is -0.239. The number of aryl methyl sites for hydroxylation is 2. The van der Waals surface area contributed by atoms with Gasteiger partial charge in [0.15, 0.2) is 5.76 Å². The Hall–Kier alpha value is -1.98. The number of furan rings is 1. The van der Waals surface area contributed by atoms with Gasteiger partial charge in [-0.2, -0.15) is 0 Å². The van der Waals surface area contributed by atoms with E-state index in [2.05, 4.69) is 10.6 Å². The van der Waals surface area contributed by atoms with Crippen LogP contribution < -0.4 is 10.6 Å². The van der Waals surface area contributed by atoms with Gasteiger partial charge in [-0.1, -0.05) is 0 Å². The molecule has 0 bridgehead atoms. The van der Waals surface area contributed by atoms with Crippen LogP contribution in [0.5, 0.6) is 0 Å². The van der Waals surface area contributed by atoms with Crippen molar-refractivity contribution in [1.82, 2.24) is 15.5 Å². The Morgan fingerprint density at radius 1 is 1.22 bits per heavy atom. The molecular formula is C17H27N3O3. The average Bonchev–Trinajstić information content (AvgIpc) is 2.76. The molecule has 6 heteroatoms. The number of carbonyl (C=O) groups excluding carboxylic acids is 2. The number of nitrogens with one attached hydrogen (secondary N) is 2. The van der Waals surface area contributed by atoms with Crippen molar-refractivity contribution >= 4 is 11.9 Å². The molecule has 1 fully saturated rings. The minimum Gasteiger partial charge on any atom is -0.456 e. The third-order valence-electron chi connectivity index (χ3n) is 3.85. The summed E-state index contributed by atoms with van der Waals surface area (Å²) in [7, 11) is 0. The van der Waals surface area contributed by atoms with E-state index in [0.29, 0.717) is 18.8 Å². The standard InChI is InChI=1S/C17H27N3O3/c1-11-10-12(2)23-14(11)15(21)18-13-6-8-20(9-7-13)16(22)19-17(3,4)5/h10,13H,6-9H2,1-5H3,(H,18,21)(H,19,22). The molecule has 128 valence electrons. The van der Waals surface area contributed by atoms with Gasteiger partial charge in [0.25, 0.3) is 5.91 Å². The van der Waals surface area contributed by atoms with Gasteiger partial charge in [0.05, 0.1) is 0 Å². The van der Waals surface area contributed by atoms with Gasteiger partial charge in [-0.3, -0.25) is 4.79 Å². The second-order valence-electron chi connectivity index (χ2n) is 7.28. The topological polar surface area (TPSA) is 74.6 Å². The molecule has 1 aromatic rings. The van der Waals surface area contributed by atoms with Crippen LogP contribution in [0.1, 0.15) is 55.5 Å². The Kier molecular flexibility index (Phi) is 5.02. The van der Waals surface area contributed by atoms with E-state index >= 15 is 0 Å². The maximum absolute atomic E-state index is 12.3. The Bertz CT molecular complexity index is 578. The highest BCUT2D eigenvalue weighted by Crippen LogP contribution is 2.16. The second kappa shape index (κ2) is 6.64. The first kappa shape index (κ1) is 17.4. The summed E-state index contributed by atoms with van der Waals surface area (Å²) in [5.74, 6) is 0.949. The zero-order chi connectivity index (χ0) is 17.2. The third-order valence-corrected chi connectivity index (χ3v) is 3.85. The molecule has 2 N–H and O–H groups in total. The summed E-state index contributed by atoms with van der Waals surface area (Å²) in [6, 6.07) is 1.89. The molecule has 2 heterocycles. The van der Waals surface area contributed by atoms with Gasteiger partial charge in [0.1, 0.15) is 5.76 Å². The van der Waals surface area contributed by atoms with Gasteiger partial charge in [-0.05, 0) is 53.5 Å². The quantitative estimate of drug-likeness (QED) is 0.879. The van der Waals surface area contributed by atoms with Crippen LogP contribution >= 0.6 is 0 Å². The van der Waals surface area contributed by atoms with Crippen LogP contribution in [0.4, 0.5) is 4.79 Å². The molecule has 2 rings (SSSR count). The van der Waals surface area contributed by atoms with Gasteiger partial charge >= 0.3 is 6.03 Å². The van der Waals surface area contributed by atoms with Crippen LogP contribution in [-0.2, 0) is 0 Å². The van der Waals surface area contributed by atoms with Crippen molar-refractivity contribution in [3.8, 4) is 0 Å². The summed E-state index contributed by atoms with van der Waals surface area (Å²) in [6.07, 6.45) is 1.50. The number of carbonyl (C=O) groups is 2. The van der Waals surface area contributed by atoms with Crippen LogP contribution in [0.15, 0.2) is 10.5 Å². The fraction of sp³-hybridized carbons (Fsp3) is 0.647. The van der Waals surface area contributed by atoms with Crippen molar-refractivity contribution in [2.75, 3.05) is 13.1 Å². The molecule has 0 spiro atoms. The number of urea groups is 1. The van der Waals surface area contributed by atoms with Crippen molar-refractivity contribution in [2.24, 2.45) is 0 Å². The maximum Gasteiger partial charge on any atom is 0.317 e. The van der Waals surface area contributed by atoms with Gasteiger partial charge in [0, 0.05) is 30.2 Å². The molecular weight excluding hydrogens is 294 g/mol. The second-order valence-corrected chi connectivity index (χ2v) is 7.28. The Morgan fingerprint density at radius 3 is 2.30 bits per heavy atom. The summed E-state index contributed by atoms with van der Waals surface area (Å²) in [5.41, 5.74) is 0.610. The molecule has 1 aliphatic rings. The van der Waals surface area contributed by atoms with Crippen LogP contribution in [0.2, 0.25) is 0 Å². The number of hydrogen-bond donors (Lipinski definition) is 2. The van der Waals surface area contributed by atoms with Crippen LogP contribution in [0.25, 0.3) is 0 Å². The van der Waals surface area contributed by atoms with Crippen molar-refractivity contribution in [3.05, 3.63) is 23.2 Å². The monoisotopic (exact) mass is 321 g/mol. The van der Waals surface area contributed by atoms with Gasteiger partial charge in [-0.25, -0.2) is 4.79 Å². The SMILES string of the molecule is Cc1cc(C)c(C(=O)NC2CCN(C(=O)NC(C)(C)C)CC2)o1. The fourth-order valence-electron chi connectivity index (χ4n) is 2.74. The summed E-state index contributed by atoms with van der Waals surface area (Å²) in [5, 5.41) is 5.97. The Labute approximate surface area is 137 Å². The lowest BCUT2D eigenvalue weighted by molar-refractivity contribution is 0.0887. The number of rotatable bonds is 2. The van der Waals surface area contributed by atoms with E-state index in [1.165, 1.54) is 0 Å². The van der Waals surface area contributed by atoms with Gasteiger partial charge in [0.2, 0.25) is 0 Å². The lowest BCUT2D eigenvalue weighted by atomic mass is 10.0. The highest BCUT2D eigenvalue weighted by atomic mass is 16.3. The molecule has 6 nitrogen and oxygen atoms in total. The molecule has 3 amide bonds. The summed E-state index contributed by atoms with van der Waals surface area (Å²) >= 11 is 0. The van der Waals surface area contributed by atoms with Crippen LogP contribution in [0, 0.1) is 13.8 Å². The molecule has 1 aromatic heterocycles. The van der Waals surface area contributed by atoms with Gasteiger partial charge < -0.3 is 20.0 Å². The normalized spacial score (nSPS) is 16.3. The molecule has 0 saturated carbocycles. The number of nitrogens with zero attached hydrogens (tertiary/aromatic N) is 1. The maximum atomic E-state index is 12.3. The van der Waals surface area contributed by atoms with Crippen LogP contribution in [0.3, 0.4) is 0 Å². The van der Waals surface area contributed by atoms with E-state index in [0.717, 1.165) is 24.2 Å². The van der Waals surface area contributed by atoms with Crippen molar-refractivity contribution in [2.45, 2.75) is 59.0 Å². The molecule has 0 radical (unpaired) electrons. The molecule has 0 unspecified atom stereocenters. The molecule has 23 heavy (non-hydrogen) atoms. The Balaban J connectivity index is 1.84. The van der Waals surface area contributed by atoms with E-state index in [-0.39, 0.29) is 23.5 Å². The molecule has 1 aliphatic heterocycles. The predicted octanol–water partition coefficient (Wildman–Crippen LogP) is 2.60. The first-order chi connectivity index (χ1) is 10.7. The molecule has 0 aliphatic carbocycles.